The van der Waals surface area contributed by atoms with Gasteiger partial charge in [0.05, 0.1) is 0 Å². The van der Waals surface area contributed by atoms with Gasteiger partial charge in [-0.2, -0.15) is 5.26 Å². The molecule has 150 valence electrons. The van der Waals surface area contributed by atoms with E-state index in [9.17, 15) is 4.79 Å². The molecule has 0 spiro atoms. The van der Waals surface area contributed by atoms with Crippen LogP contribution in [0.25, 0.3) is 17.4 Å². The summed E-state index contributed by atoms with van der Waals surface area (Å²) in [6.07, 6.45) is 1.22. The van der Waals surface area contributed by atoms with Gasteiger partial charge in [-0.3, -0.25) is 0 Å². The molecule has 0 amide bonds. The molecule has 3 aromatic carbocycles. The molecule has 5 nitrogen and oxygen atoms in total. The highest BCUT2D eigenvalue weighted by Gasteiger charge is 2.13. The Kier molecular flexibility index (Phi) is 5.64. The predicted octanol–water partition coefficient (Wildman–Crippen LogP) is 6.41. The average Bonchev–Trinajstić information content (AvgIpc) is 3.28. The fourth-order valence-electron chi connectivity index (χ4n) is 3.25. The molecule has 0 fully saturated rings. The number of carboxylic acid groups (broad SMARTS) is 1. The molecule has 31 heavy (non-hydrogen) atoms. The van der Waals surface area contributed by atoms with Crippen molar-refractivity contribution >= 4 is 29.1 Å². The Morgan fingerprint density at radius 3 is 1.87 bits per heavy atom. The minimum absolute atomic E-state index is 0.313. The van der Waals surface area contributed by atoms with Crippen molar-refractivity contribution in [3.8, 4) is 17.4 Å². The third-order valence-corrected chi connectivity index (χ3v) is 4.70. The first kappa shape index (κ1) is 19.7. The maximum Gasteiger partial charge on any atom is 0.346 e. The van der Waals surface area contributed by atoms with Crippen LogP contribution < -0.4 is 4.90 Å². The lowest BCUT2D eigenvalue weighted by atomic mass is 10.1. The van der Waals surface area contributed by atoms with Crippen molar-refractivity contribution in [3.63, 3.8) is 0 Å². The second-order valence-electron chi connectivity index (χ2n) is 6.73. The topological polar surface area (TPSA) is 77.5 Å². The van der Waals surface area contributed by atoms with Crippen molar-refractivity contribution < 1.29 is 14.3 Å². The molecule has 0 aliphatic carbocycles. The molecule has 0 unspecified atom stereocenters. The van der Waals surface area contributed by atoms with Crippen LogP contribution in [0.4, 0.5) is 17.1 Å². The van der Waals surface area contributed by atoms with Crippen LogP contribution in [0.3, 0.4) is 0 Å². The zero-order valence-corrected chi connectivity index (χ0v) is 16.5. The lowest BCUT2D eigenvalue weighted by Crippen LogP contribution is -2.09. The first-order chi connectivity index (χ1) is 15.2. The van der Waals surface area contributed by atoms with Gasteiger partial charge in [0.2, 0.25) is 0 Å². The summed E-state index contributed by atoms with van der Waals surface area (Å²) in [5, 5.41) is 17.9. The monoisotopic (exact) mass is 406 g/mol. The van der Waals surface area contributed by atoms with Gasteiger partial charge in [0, 0.05) is 28.7 Å². The van der Waals surface area contributed by atoms with Crippen molar-refractivity contribution in [2.24, 2.45) is 0 Å². The lowest BCUT2D eigenvalue weighted by molar-refractivity contribution is -0.132. The summed E-state index contributed by atoms with van der Waals surface area (Å²) in [6, 6.07) is 33.2. The highest BCUT2D eigenvalue weighted by molar-refractivity contribution is 5.96. The van der Waals surface area contributed by atoms with Crippen molar-refractivity contribution in [3.05, 3.63) is 108 Å². The average molecular weight is 406 g/mol. The Labute approximate surface area is 179 Å². The number of anilines is 3. The van der Waals surface area contributed by atoms with E-state index in [0.717, 1.165) is 22.6 Å². The van der Waals surface area contributed by atoms with E-state index in [4.69, 9.17) is 14.8 Å². The minimum atomic E-state index is -1.29. The number of aliphatic carboxylic acids is 1. The fourth-order valence-corrected chi connectivity index (χ4v) is 3.25. The number of nitrogens with zero attached hydrogens (tertiary/aromatic N) is 2. The third-order valence-electron chi connectivity index (χ3n) is 4.70. The van der Waals surface area contributed by atoms with E-state index in [2.05, 4.69) is 29.2 Å². The molecule has 1 aromatic heterocycles. The Bertz CT molecular complexity index is 1210. The highest BCUT2D eigenvalue weighted by atomic mass is 16.4. The molecule has 1 N–H and O–H groups in total. The second-order valence-corrected chi connectivity index (χ2v) is 6.73. The Balaban J connectivity index is 1.66. The van der Waals surface area contributed by atoms with Gasteiger partial charge in [-0.1, -0.05) is 36.4 Å². The van der Waals surface area contributed by atoms with E-state index >= 15 is 0 Å². The largest absolute Gasteiger partial charge is 0.477 e. The molecule has 4 aromatic rings. The van der Waals surface area contributed by atoms with Gasteiger partial charge in [-0.15, -0.1) is 0 Å². The van der Waals surface area contributed by atoms with Gasteiger partial charge >= 0.3 is 5.97 Å². The quantitative estimate of drug-likeness (QED) is 0.296. The second kappa shape index (κ2) is 8.85. The number of furan rings is 1. The van der Waals surface area contributed by atoms with Gasteiger partial charge in [0.15, 0.2) is 0 Å². The molecule has 0 aliphatic rings. The van der Waals surface area contributed by atoms with E-state index < -0.39 is 5.97 Å². The molecule has 0 radical (unpaired) electrons. The molecule has 0 bridgehead atoms. The first-order valence-corrected chi connectivity index (χ1v) is 9.61. The van der Waals surface area contributed by atoms with Crippen LogP contribution in [-0.2, 0) is 4.79 Å². The van der Waals surface area contributed by atoms with Crippen LogP contribution in [-0.4, -0.2) is 11.1 Å². The van der Waals surface area contributed by atoms with Gasteiger partial charge in [-0.25, -0.2) is 4.79 Å². The number of para-hydroxylation sites is 2. The van der Waals surface area contributed by atoms with Crippen LogP contribution in [0.5, 0.6) is 0 Å². The molecule has 0 atom stereocenters. The standard InChI is InChI=1S/C26H18N2O3/c27-18-20(26(29)30)17-24-15-16-25(31-24)19-11-13-23(14-12-19)28(21-7-3-1-4-8-21)22-9-5-2-6-10-22/h1-17H,(H,29,30)/b20-17+. The van der Waals surface area contributed by atoms with E-state index in [1.807, 2.05) is 60.7 Å². The number of rotatable bonds is 6. The van der Waals surface area contributed by atoms with Gasteiger partial charge in [-0.05, 0) is 60.7 Å². The third kappa shape index (κ3) is 4.39. The normalized spacial score (nSPS) is 11.0. The Morgan fingerprint density at radius 2 is 1.35 bits per heavy atom. The van der Waals surface area contributed by atoms with E-state index in [0.29, 0.717) is 11.5 Å². The van der Waals surface area contributed by atoms with Crippen molar-refractivity contribution in [2.45, 2.75) is 0 Å². The van der Waals surface area contributed by atoms with Crippen molar-refractivity contribution in [2.75, 3.05) is 4.90 Å². The summed E-state index contributed by atoms with van der Waals surface area (Å²) >= 11 is 0. The molecule has 1 heterocycles. The number of carbonyl (C=O) groups is 1. The Hall–Kier alpha value is -4.56. The van der Waals surface area contributed by atoms with Gasteiger partial charge in [0.25, 0.3) is 0 Å². The van der Waals surface area contributed by atoms with Crippen molar-refractivity contribution in [1.29, 1.82) is 5.26 Å². The summed E-state index contributed by atoms with van der Waals surface area (Å²) < 4.78 is 5.72. The summed E-state index contributed by atoms with van der Waals surface area (Å²) in [5.41, 5.74) is 3.55. The van der Waals surface area contributed by atoms with Crippen LogP contribution >= 0.6 is 0 Å². The van der Waals surface area contributed by atoms with Crippen LogP contribution in [0.15, 0.2) is 107 Å². The fraction of sp³-hybridized carbons (Fsp3) is 0. The van der Waals surface area contributed by atoms with Crippen LogP contribution in [0.2, 0.25) is 0 Å². The van der Waals surface area contributed by atoms with Gasteiger partial charge < -0.3 is 14.4 Å². The maximum absolute atomic E-state index is 11.0. The lowest BCUT2D eigenvalue weighted by Gasteiger charge is -2.25. The van der Waals surface area contributed by atoms with E-state index in [1.165, 1.54) is 6.08 Å². The summed E-state index contributed by atoms with van der Waals surface area (Å²) in [7, 11) is 0. The van der Waals surface area contributed by atoms with E-state index in [1.54, 1.807) is 18.2 Å². The molecular formula is C26H18N2O3. The zero-order chi connectivity index (χ0) is 21.6. The summed E-state index contributed by atoms with van der Waals surface area (Å²) in [6.45, 7) is 0. The first-order valence-electron chi connectivity index (χ1n) is 9.61. The molecule has 4 rings (SSSR count). The maximum atomic E-state index is 11.0. The number of hydrogen-bond donors (Lipinski definition) is 1. The predicted molar refractivity (Wildman–Crippen MR) is 120 cm³/mol. The molecular weight excluding hydrogens is 388 g/mol. The summed E-state index contributed by atoms with van der Waals surface area (Å²) in [4.78, 5) is 13.2. The Morgan fingerprint density at radius 1 is 0.806 bits per heavy atom. The molecule has 0 saturated carbocycles. The molecule has 0 aliphatic heterocycles. The van der Waals surface area contributed by atoms with Crippen molar-refractivity contribution in [1.82, 2.24) is 0 Å². The van der Waals surface area contributed by atoms with Gasteiger partial charge in [0.1, 0.15) is 23.2 Å². The molecule has 5 heteroatoms. The number of nitriles is 1. The number of carboxylic acids is 1. The number of hydrogen-bond acceptors (Lipinski definition) is 4. The highest BCUT2D eigenvalue weighted by Crippen LogP contribution is 2.35. The van der Waals surface area contributed by atoms with Crippen LogP contribution in [0.1, 0.15) is 5.76 Å². The van der Waals surface area contributed by atoms with E-state index in [-0.39, 0.29) is 5.57 Å². The zero-order valence-electron chi connectivity index (χ0n) is 16.5. The van der Waals surface area contributed by atoms with Crippen LogP contribution in [0, 0.1) is 11.3 Å². The SMILES string of the molecule is N#C/C(=C\c1ccc(-c2ccc(N(c3ccccc3)c3ccccc3)cc2)o1)C(=O)O. The smallest absolute Gasteiger partial charge is 0.346 e. The summed E-state index contributed by atoms with van der Waals surface area (Å²) in [5.74, 6) is -0.383. The number of benzene rings is 3. The molecule has 0 saturated heterocycles. The minimum Gasteiger partial charge on any atom is -0.477 e.